The van der Waals surface area contributed by atoms with Crippen LogP contribution in [0.3, 0.4) is 0 Å². The van der Waals surface area contributed by atoms with Crippen molar-refractivity contribution in [1.82, 2.24) is 10.2 Å². The van der Waals surface area contributed by atoms with Crippen molar-refractivity contribution < 1.29 is 9.59 Å². The summed E-state index contributed by atoms with van der Waals surface area (Å²) in [6, 6.07) is 12.0. The van der Waals surface area contributed by atoms with Crippen LogP contribution in [0, 0.1) is 0 Å². The van der Waals surface area contributed by atoms with Crippen molar-refractivity contribution in [3.05, 3.63) is 52.2 Å². The van der Waals surface area contributed by atoms with E-state index >= 15 is 0 Å². The highest BCUT2D eigenvalue weighted by molar-refractivity contribution is 8.00. The van der Waals surface area contributed by atoms with Gasteiger partial charge in [0.05, 0.1) is 5.25 Å². The molecule has 0 aliphatic carbocycles. The van der Waals surface area contributed by atoms with Crippen LogP contribution in [-0.4, -0.2) is 35.1 Å². The average Bonchev–Trinajstić information content (AvgIpc) is 3.10. The maximum Gasteiger partial charge on any atom is 0.233 e. The Labute approximate surface area is 156 Å². The zero-order valence-corrected chi connectivity index (χ0v) is 15.9. The Hall–Kier alpha value is -1.79. The molecule has 0 radical (unpaired) electrons. The van der Waals surface area contributed by atoms with Gasteiger partial charge in [0.25, 0.3) is 0 Å². The number of nitrogens with zero attached hydrogens (tertiary/aromatic N) is 1. The minimum Gasteiger partial charge on any atom is -0.355 e. The first-order chi connectivity index (χ1) is 12.1. The van der Waals surface area contributed by atoms with Crippen LogP contribution < -0.4 is 5.32 Å². The van der Waals surface area contributed by atoms with E-state index in [1.807, 2.05) is 42.2 Å². The third-order valence-electron chi connectivity index (χ3n) is 4.22. The fourth-order valence-corrected chi connectivity index (χ4v) is 4.62. The molecular weight excluding hydrogens is 352 g/mol. The van der Waals surface area contributed by atoms with Crippen LogP contribution in [-0.2, 0) is 22.6 Å². The molecule has 1 aliphatic rings. The molecule has 0 spiro atoms. The molecule has 1 aliphatic heterocycles. The van der Waals surface area contributed by atoms with Crippen LogP contribution in [0.5, 0.6) is 0 Å². The summed E-state index contributed by atoms with van der Waals surface area (Å²) in [5.74, 6) is 0.0842. The summed E-state index contributed by atoms with van der Waals surface area (Å²) >= 11 is 3.29. The zero-order valence-electron chi connectivity index (χ0n) is 14.2. The van der Waals surface area contributed by atoms with E-state index in [0.717, 1.165) is 17.9 Å². The topological polar surface area (TPSA) is 49.4 Å². The quantitative estimate of drug-likeness (QED) is 0.789. The van der Waals surface area contributed by atoms with E-state index in [1.54, 1.807) is 11.3 Å². The molecule has 25 heavy (non-hydrogen) atoms. The van der Waals surface area contributed by atoms with Crippen molar-refractivity contribution in [2.45, 2.75) is 36.5 Å². The molecule has 2 aromatic rings. The van der Waals surface area contributed by atoms with Crippen LogP contribution in [0.1, 0.15) is 23.8 Å². The molecule has 1 aromatic heterocycles. The number of amides is 2. The molecule has 1 N–H and O–H groups in total. The lowest BCUT2D eigenvalue weighted by Gasteiger charge is -2.27. The Bertz CT molecular complexity index is 730. The van der Waals surface area contributed by atoms with E-state index in [1.165, 1.54) is 22.2 Å². The first-order valence-corrected chi connectivity index (χ1v) is 10.2. The number of thiophene rings is 1. The van der Waals surface area contributed by atoms with Gasteiger partial charge in [0.15, 0.2) is 0 Å². The predicted molar refractivity (Wildman–Crippen MR) is 103 cm³/mol. The minimum atomic E-state index is -0.180. The minimum absolute atomic E-state index is 0.0274. The summed E-state index contributed by atoms with van der Waals surface area (Å²) in [5, 5.41) is 4.79. The molecule has 0 saturated heterocycles. The average molecular weight is 375 g/mol. The molecule has 6 heteroatoms. The van der Waals surface area contributed by atoms with Gasteiger partial charge in [-0.15, -0.1) is 23.1 Å². The summed E-state index contributed by atoms with van der Waals surface area (Å²) < 4.78 is 0. The van der Waals surface area contributed by atoms with Crippen LogP contribution >= 0.6 is 23.1 Å². The lowest BCUT2D eigenvalue weighted by Crippen LogP contribution is -2.38. The number of hydrogen-bond donors (Lipinski definition) is 1. The van der Waals surface area contributed by atoms with Crippen molar-refractivity contribution in [2.75, 3.05) is 13.1 Å². The van der Waals surface area contributed by atoms with E-state index in [4.69, 9.17) is 0 Å². The fraction of sp³-hybridized carbons (Fsp3) is 0.368. The Balaban J connectivity index is 1.40. The van der Waals surface area contributed by atoms with Gasteiger partial charge >= 0.3 is 0 Å². The van der Waals surface area contributed by atoms with Gasteiger partial charge < -0.3 is 10.2 Å². The van der Waals surface area contributed by atoms with Gasteiger partial charge in [-0.1, -0.05) is 18.2 Å². The first-order valence-electron chi connectivity index (χ1n) is 8.46. The largest absolute Gasteiger partial charge is 0.355 e. The van der Waals surface area contributed by atoms with Crippen molar-refractivity contribution in [2.24, 2.45) is 0 Å². The smallest absolute Gasteiger partial charge is 0.233 e. The van der Waals surface area contributed by atoms with Gasteiger partial charge in [0, 0.05) is 35.8 Å². The number of hydrogen-bond acceptors (Lipinski definition) is 4. The zero-order chi connectivity index (χ0) is 17.6. The highest BCUT2D eigenvalue weighted by Crippen LogP contribution is 2.24. The third-order valence-corrected chi connectivity index (χ3v) is 6.36. The number of thioether (sulfide) groups is 1. The standard InChI is InChI=1S/C19H22N2O2S2/c1-14(25-16-5-3-2-4-6-16)19(23)20-10-7-18(22)21-11-8-17-15(13-21)9-12-24-17/h2-6,9,12,14H,7-8,10-11,13H2,1H3,(H,20,23). The van der Waals surface area contributed by atoms with Crippen molar-refractivity contribution >= 4 is 34.9 Å². The Kier molecular flexibility index (Phi) is 6.15. The number of nitrogens with one attached hydrogen (secondary N) is 1. The molecule has 3 rings (SSSR count). The SMILES string of the molecule is CC(Sc1ccccc1)C(=O)NCCC(=O)N1CCc2sccc2C1. The van der Waals surface area contributed by atoms with E-state index in [9.17, 15) is 9.59 Å². The molecule has 1 unspecified atom stereocenters. The third kappa shape index (κ3) is 4.86. The van der Waals surface area contributed by atoms with Gasteiger partial charge in [-0.25, -0.2) is 0 Å². The maximum atomic E-state index is 12.3. The molecule has 1 aromatic carbocycles. The number of benzene rings is 1. The van der Waals surface area contributed by atoms with Gasteiger partial charge in [-0.3, -0.25) is 9.59 Å². The normalized spacial score (nSPS) is 14.7. The highest BCUT2D eigenvalue weighted by atomic mass is 32.2. The Morgan fingerprint density at radius 1 is 1.28 bits per heavy atom. The molecular formula is C19H22N2O2S2. The molecule has 1 atom stereocenters. The second kappa shape index (κ2) is 8.54. The predicted octanol–water partition coefficient (Wildman–Crippen LogP) is 3.32. The van der Waals surface area contributed by atoms with Gasteiger partial charge in [0.1, 0.15) is 0 Å². The van der Waals surface area contributed by atoms with Crippen LogP contribution in [0.4, 0.5) is 0 Å². The van der Waals surface area contributed by atoms with E-state index in [0.29, 0.717) is 19.5 Å². The summed E-state index contributed by atoms with van der Waals surface area (Å²) in [5.41, 5.74) is 1.27. The monoisotopic (exact) mass is 374 g/mol. The fourth-order valence-electron chi connectivity index (χ4n) is 2.81. The van der Waals surface area contributed by atoms with Crippen LogP contribution in [0.15, 0.2) is 46.7 Å². The molecule has 2 amide bonds. The van der Waals surface area contributed by atoms with Crippen molar-refractivity contribution in [3.8, 4) is 0 Å². The number of rotatable bonds is 6. The Morgan fingerprint density at radius 3 is 2.88 bits per heavy atom. The van der Waals surface area contributed by atoms with Crippen LogP contribution in [0.2, 0.25) is 0 Å². The molecule has 2 heterocycles. The lowest BCUT2D eigenvalue weighted by molar-refractivity contribution is -0.132. The molecule has 0 fully saturated rings. The van der Waals surface area contributed by atoms with Crippen molar-refractivity contribution in [3.63, 3.8) is 0 Å². The number of fused-ring (bicyclic) bond motifs is 1. The van der Waals surface area contributed by atoms with E-state index < -0.39 is 0 Å². The number of carbonyl (C=O) groups excluding carboxylic acids is 2. The summed E-state index contributed by atoms with van der Waals surface area (Å²) in [6.45, 7) is 3.76. The second-order valence-corrected chi connectivity index (χ2v) is 8.46. The summed E-state index contributed by atoms with van der Waals surface area (Å²) in [7, 11) is 0. The lowest BCUT2D eigenvalue weighted by atomic mass is 10.1. The molecule has 0 bridgehead atoms. The molecule has 0 saturated carbocycles. The van der Waals surface area contributed by atoms with Crippen LogP contribution in [0.25, 0.3) is 0 Å². The first kappa shape index (κ1) is 18.0. The number of carbonyl (C=O) groups is 2. The van der Waals surface area contributed by atoms with Crippen molar-refractivity contribution in [1.29, 1.82) is 0 Å². The molecule has 132 valence electrons. The van der Waals surface area contributed by atoms with Gasteiger partial charge in [0.2, 0.25) is 11.8 Å². The maximum absolute atomic E-state index is 12.3. The second-order valence-electron chi connectivity index (χ2n) is 6.05. The summed E-state index contributed by atoms with van der Waals surface area (Å²) in [4.78, 5) is 28.9. The summed E-state index contributed by atoms with van der Waals surface area (Å²) in [6.07, 6.45) is 1.30. The van der Waals surface area contributed by atoms with Gasteiger partial charge in [-0.05, 0) is 42.5 Å². The van der Waals surface area contributed by atoms with E-state index in [2.05, 4.69) is 16.8 Å². The molecule has 4 nitrogen and oxygen atoms in total. The Morgan fingerprint density at radius 2 is 2.08 bits per heavy atom. The van der Waals surface area contributed by atoms with E-state index in [-0.39, 0.29) is 17.1 Å². The highest BCUT2D eigenvalue weighted by Gasteiger charge is 2.21. The van der Waals surface area contributed by atoms with Gasteiger partial charge in [-0.2, -0.15) is 0 Å².